The van der Waals surface area contributed by atoms with Gasteiger partial charge in [-0.2, -0.15) is 0 Å². The molecule has 3 aromatic rings. The first-order valence-corrected chi connectivity index (χ1v) is 10.1. The van der Waals surface area contributed by atoms with E-state index in [1.165, 1.54) is 0 Å². The minimum absolute atomic E-state index is 0.169. The summed E-state index contributed by atoms with van der Waals surface area (Å²) in [5.41, 5.74) is 2.28. The van der Waals surface area contributed by atoms with Gasteiger partial charge in [-0.1, -0.05) is 31.0 Å². The van der Waals surface area contributed by atoms with Gasteiger partial charge >= 0.3 is 5.97 Å². The Kier molecular flexibility index (Phi) is 7.75. The molecule has 8 nitrogen and oxygen atoms in total. The number of rotatable bonds is 10. The fourth-order valence-electron chi connectivity index (χ4n) is 2.69. The molecule has 0 unspecified atom stereocenters. The highest BCUT2D eigenvalue weighted by molar-refractivity contribution is 5.96. The topological polar surface area (TPSA) is 104 Å². The Labute approximate surface area is 180 Å². The minimum atomic E-state index is -0.608. The molecule has 0 saturated heterocycles. The Bertz CT molecular complexity index is 1010. The number of hydrogen-bond donors (Lipinski definition) is 1. The number of nitrogens with zero attached hydrogens (tertiary/aromatic N) is 2. The van der Waals surface area contributed by atoms with Gasteiger partial charge in [0.1, 0.15) is 12.3 Å². The van der Waals surface area contributed by atoms with Gasteiger partial charge in [0.25, 0.3) is 11.8 Å². The van der Waals surface area contributed by atoms with E-state index in [4.69, 9.17) is 13.9 Å². The highest BCUT2D eigenvalue weighted by atomic mass is 16.5. The molecule has 1 N–H and O–H groups in total. The SMILES string of the molecule is CCCCOc1ccc(C(=O)NCC(=O)OCc2nnc(-c3cccc(C)c3)o2)cc1. The first-order valence-electron chi connectivity index (χ1n) is 10.1. The molecule has 2 aromatic carbocycles. The quantitative estimate of drug-likeness (QED) is 0.392. The molecule has 1 aromatic heterocycles. The normalized spacial score (nSPS) is 10.5. The van der Waals surface area contributed by atoms with Crippen molar-refractivity contribution in [2.24, 2.45) is 0 Å². The van der Waals surface area contributed by atoms with Crippen molar-refractivity contribution in [2.45, 2.75) is 33.3 Å². The fourth-order valence-corrected chi connectivity index (χ4v) is 2.69. The lowest BCUT2D eigenvalue weighted by Gasteiger charge is -2.07. The summed E-state index contributed by atoms with van der Waals surface area (Å²) >= 11 is 0. The Morgan fingerprint density at radius 2 is 1.90 bits per heavy atom. The van der Waals surface area contributed by atoms with Crippen LogP contribution in [0.25, 0.3) is 11.5 Å². The molecule has 0 aliphatic heterocycles. The molecule has 0 saturated carbocycles. The number of hydrogen-bond acceptors (Lipinski definition) is 7. The summed E-state index contributed by atoms with van der Waals surface area (Å²) in [4.78, 5) is 24.1. The van der Waals surface area contributed by atoms with Crippen LogP contribution in [0.2, 0.25) is 0 Å². The lowest BCUT2D eigenvalue weighted by atomic mass is 10.1. The van der Waals surface area contributed by atoms with E-state index in [1.54, 1.807) is 24.3 Å². The summed E-state index contributed by atoms with van der Waals surface area (Å²) in [5.74, 6) is 0.244. The van der Waals surface area contributed by atoms with Gasteiger partial charge < -0.3 is 19.2 Å². The van der Waals surface area contributed by atoms with Gasteiger partial charge in [0.15, 0.2) is 6.61 Å². The summed E-state index contributed by atoms with van der Waals surface area (Å²) in [5, 5.41) is 10.4. The maximum Gasteiger partial charge on any atom is 0.325 e. The molecule has 0 radical (unpaired) electrons. The standard InChI is InChI=1S/C23H25N3O5/c1-3-4-12-29-19-10-8-17(9-11-19)22(28)24-14-21(27)30-15-20-25-26-23(31-20)18-7-5-6-16(2)13-18/h5-11,13H,3-4,12,14-15H2,1-2H3,(H,24,28). The second kappa shape index (κ2) is 10.9. The number of aromatic nitrogens is 2. The maximum absolute atomic E-state index is 12.2. The number of esters is 1. The summed E-state index contributed by atoms with van der Waals surface area (Å²) < 4.78 is 16.2. The van der Waals surface area contributed by atoms with Gasteiger partial charge in [0.05, 0.1) is 6.61 Å². The summed E-state index contributed by atoms with van der Waals surface area (Å²) in [7, 11) is 0. The number of benzene rings is 2. The third-order valence-corrected chi connectivity index (χ3v) is 4.36. The van der Waals surface area contributed by atoms with Crippen LogP contribution in [-0.4, -0.2) is 35.2 Å². The molecule has 0 bridgehead atoms. The number of carbonyl (C=O) groups is 2. The lowest BCUT2D eigenvalue weighted by molar-refractivity contribution is -0.144. The molecule has 0 aliphatic rings. The number of nitrogens with one attached hydrogen (secondary N) is 1. The Morgan fingerprint density at radius 3 is 2.65 bits per heavy atom. The van der Waals surface area contributed by atoms with Crippen LogP contribution in [0.3, 0.4) is 0 Å². The molecular formula is C23H25N3O5. The van der Waals surface area contributed by atoms with E-state index in [0.717, 1.165) is 24.0 Å². The van der Waals surface area contributed by atoms with Crippen molar-refractivity contribution in [3.8, 4) is 17.2 Å². The van der Waals surface area contributed by atoms with E-state index in [0.29, 0.717) is 23.8 Å². The monoisotopic (exact) mass is 423 g/mol. The fraction of sp³-hybridized carbons (Fsp3) is 0.304. The number of ether oxygens (including phenoxy) is 2. The van der Waals surface area contributed by atoms with Crippen LogP contribution < -0.4 is 10.1 Å². The van der Waals surface area contributed by atoms with Crippen LogP contribution in [0.15, 0.2) is 52.9 Å². The highest BCUT2D eigenvalue weighted by Crippen LogP contribution is 2.19. The third-order valence-electron chi connectivity index (χ3n) is 4.36. The molecule has 0 fully saturated rings. The first kappa shape index (κ1) is 22.0. The van der Waals surface area contributed by atoms with E-state index in [1.807, 2.05) is 31.2 Å². The van der Waals surface area contributed by atoms with Crippen LogP contribution >= 0.6 is 0 Å². The summed E-state index contributed by atoms with van der Waals surface area (Å²) in [6.07, 6.45) is 2.03. The molecule has 31 heavy (non-hydrogen) atoms. The molecule has 0 spiro atoms. The van der Waals surface area contributed by atoms with E-state index in [2.05, 4.69) is 22.4 Å². The number of carbonyl (C=O) groups excluding carboxylic acids is 2. The summed E-state index contributed by atoms with van der Waals surface area (Å²) in [6.45, 7) is 4.25. The van der Waals surface area contributed by atoms with Crippen LogP contribution in [0.1, 0.15) is 41.6 Å². The first-order chi connectivity index (χ1) is 15.0. The predicted octanol–water partition coefficient (Wildman–Crippen LogP) is 3.70. The van der Waals surface area contributed by atoms with Crippen LogP contribution in [0, 0.1) is 6.92 Å². The molecule has 0 aliphatic carbocycles. The third kappa shape index (κ3) is 6.67. The highest BCUT2D eigenvalue weighted by Gasteiger charge is 2.13. The van der Waals surface area contributed by atoms with Crippen molar-refractivity contribution >= 4 is 11.9 Å². The molecule has 1 amide bonds. The molecule has 0 atom stereocenters. The van der Waals surface area contributed by atoms with Gasteiger partial charge in [-0.05, 0) is 49.7 Å². The number of aryl methyl sites for hydroxylation is 1. The zero-order chi connectivity index (χ0) is 22.1. The molecule has 3 rings (SSSR count). The van der Waals surface area contributed by atoms with Crippen molar-refractivity contribution in [3.63, 3.8) is 0 Å². The molecular weight excluding hydrogens is 398 g/mol. The van der Waals surface area contributed by atoms with Gasteiger partial charge in [0, 0.05) is 11.1 Å². The lowest BCUT2D eigenvalue weighted by Crippen LogP contribution is -2.30. The van der Waals surface area contributed by atoms with Gasteiger partial charge in [-0.3, -0.25) is 9.59 Å². The smallest absolute Gasteiger partial charge is 0.325 e. The van der Waals surface area contributed by atoms with Crippen molar-refractivity contribution in [2.75, 3.05) is 13.2 Å². The van der Waals surface area contributed by atoms with Crippen molar-refractivity contribution in [1.82, 2.24) is 15.5 Å². The van der Waals surface area contributed by atoms with Gasteiger partial charge in [-0.15, -0.1) is 10.2 Å². The average Bonchev–Trinajstić information content (AvgIpc) is 3.26. The summed E-state index contributed by atoms with van der Waals surface area (Å²) in [6, 6.07) is 14.4. The Balaban J connectivity index is 1.42. The largest absolute Gasteiger partial charge is 0.494 e. The van der Waals surface area contributed by atoms with Crippen LogP contribution in [0.5, 0.6) is 5.75 Å². The van der Waals surface area contributed by atoms with Gasteiger partial charge in [-0.25, -0.2) is 0 Å². The Morgan fingerprint density at radius 1 is 1.10 bits per heavy atom. The second-order valence-corrected chi connectivity index (χ2v) is 6.94. The minimum Gasteiger partial charge on any atom is -0.494 e. The number of amides is 1. The molecule has 162 valence electrons. The van der Waals surface area contributed by atoms with Gasteiger partial charge in [0.2, 0.25) is 5.89 Å². The average molecular weight is 423 g/mol. The van der Waals surface area contributed by atoms with E-state index in [-0.39, 0.29) is 24.9 Å². The maximum atomic E-state index is 12.2. The van der Waals surface area contributed by atoms with Crippen molar-refractivity contribution in [1.29, 1.82) is 0 Å². The predicted molar refractivity (Wildman–Crippen MR) is 113 cm³/mol. The number of unbranched alkanes of at least 4 members (excludes halogenated alkanes) is 1. The van der Waals surface area contributed by atoms with E-state index in [9.17, 15) is 9.59 Å². The Hall–Kier alpha value is -3.68. The van der Waals surface area contributed by atoms with Crippen molar-refractivity contribution < 1.29 is 23.5 Å². The zero-order valence-electron chi connectivity index (χ0n) is 17.6. The zero-order valence-corrected chi connectivity index (χ0v) is 17.6. The van der Waals surface area contributed by atoms with E-state index >= 15 is 0 Å². The second-order valence-electron chi connectivity index (χ2n) is 6.94. The van der Waals surface area contributed by atoms with E-state index < -0.39 is 5.97 Å². The van der Waals surface area contributed by atoms with Crippen LogP contribution in [-0.2, 0) is 16.1 Å². The van der Waals surface area contributed by atoms with Crippen LogP contribution in [0.4, 0.5) is 0 Å². The molecule has 8 heteroatoms. The van der Waals surface area contributed by atoms with Crippen molar-refractivity contribution in [3.05, 3.63) is 65.5 Å². The molecule has 1 heterocycles.